The lowest BCUT2D eigenvalue weighted by Gasteiger charge is -2.39. The fourth-order valence-electron chi connectivity index (χ4n) is 4.35. The van der Waals surface area contributed by atoms with Crippen molar-refractivity contribution in [1.82, 2.24) is 14.8 Å². The van der Waals surface area contributed by atoms with Crippen LogP contribution in [0.4, 0.5) is 30.7 Å². The number of nitrogens with zero attached hydrogens (tertiary/aromatic N) is 3. The molecule has 0 aliphatic carbocycles. The smallest absolute Gasteiger partial charge is 0.475 e. The lowest BCUT2D eigenvalue weighted by atomic mass is 9.87. The topological polar surface area (TPSA) is 120 Å². The number of likely N-dealkylation sites (tertiary alicyclic amines) is 2. The summed E-state index contributed by atoms with van der Waals surface area (Å²) in [5.41, 5.74) is 0.314. The Bertz CT molecular complexity index is 951. The zero-order valence-corrected chi connectivity index (χ0v) is 19.9. The van der Waals surface area contributed by atoms with E-state index in [-0.39, 0.29) is 11.5 Å². The highest BCUT2D eigenvalue weighted by Crippen LogP contribution is 2.38. The Morgan fingerprint density at radius 1 is 0.947 bits per heavy atom. The number of carboxylic acid groups (broad SMARTS) is 2. The number of amides is 1. The molecule has 9 nitrogen and oxygen atoms in total. The minimum Gasteiger partial charge on any atom is -0.475 e. The highest BCUT2D eigenvalue weighted by atomic mass is 19.4. The van der Waals surface area contributed by atoms with Crippen molar-refractivity contribution in [2.45, 2.75) is 56.1 Å². The van der Waals surface area contributed by atoms with E-state index in [1.54, 1.807) is 6.07 Å². The van der Waals surface area contributed by atoms with Crippen LogP contribution >= 0.6 is 0 Å². The molecule has 1 amide bonds. The van der Waals surface area contributed by atoms with E-state index in [4.69, 9.17) is 24.5 Å². The molecule has 3 fully saturated rings. The van der Waals surface area contributed by atoms with Crippen molar-refractivity contribution >= 4 is 17.8 Å². The molecule has 0 saturated carbocycles. The van der Waals surface area contributed by atoms with Crippen molar-refractivity contribution in [1.29, 1.82) is 0 Å². The second-order valence-corrected chi connectivity index (χ2v) is 8.86. The van der Waals surface area contributed by atoms with Crippen molar-refractivity contribution in [2.24, 2.45) is 0 Å². The summed E-state index contributed by atoms with van der Waals surface area (Å²) in [6.45, 7) is 4.57. The zero-order chi connectivity index (χ0) is 28.7. The summed E-state index contributed by atoms with van der Waals surface area (Å²) in [4.78, 5) is 38.2. The van der Waals surface area contributed by atoms with Crippen molar-refractivity contribution < 1.29 is 60.1 Å². The first-order chi connectivity index (χ1) is 17.5. The summed E-state index contributed by atoms with van der Waals surface area (Å²) >= 11 is 0. The Morgan fingerprint density at radius 3 is 1.89 bits per heavy atom. The number of carboxylic acids is 2. The molecular formula is C22H26F7N3O6. The Kier molecular flexibility index (Phi) is 10.4. The summed E-state index contributed by atoms with van der Waals surface area (Å²) in [6.07, 6.45) is -3.40. The van der Waals surface area contributed by atoms with E-state index in [1.165, 1.54) is 38.2 Å². The van der Waals surface area contributed by atoms with Crippen LogP contribution in [0.3, 0.4) is 0 Å². The van der Waals surface area contributed by atoms with Gasteiger partial charge in [0.25, 0.3) is 5.91 Å². The molecular weight excluding hydrogens is 535 g/mol. The van der Waals surface area contributed by atoms with Crippen LogP contribution in [0.25, 0.3) is 0 Å². The molecule has 0 bridgehead atoms. The third-order valence-electron chi connectivity index (χ3n) is 6.27. The van der Waals surface area contributed by atoms with E-state index in [9.17, 15) is 35.5 Å². The molecule has 3 aliphatic rings. The normalized spacial score (nSPS) is 21.2. The predicted molar refractivity (Wildman–Crippen MR) is 115 cm³/mol. The number of carbonyl (C=O) groups is 3. The molecule has 3 saturated heterocycles. The Labute approximate surface area is 212 Å². The molecule has 1 aromatic heterocycles. The first-order valence-corrected chi connectivity index (χ1v) is 11.4. The molecule has 1 unspecified atom stereocenters. The van der Waals surface area contributed by atoms with Crippen LogP contribution in [0.1, 0.15) is 42.5 Å². The SMILES string of the molecule is O=C(O)C(F)(F)F.O=C(O)C(F)(F)F.O=C(c1ccnc(F)c1)N1CCC2(CC1)CC(N1CCCC1)CO2. The Morgan fingerprint density at radius 2 is 1.45 bits per heavy atom. The standard InChI is InChI=1S/C18H24FN3O2.2C2HF3O2/c19-16-11-14(3-6-20-16)17(23)22-9-4-18(5-10-22)12-15(13-24-18)21-7-1-2-8-21;2*3-2(4,5)1(6)7/h3,6,11,15H,1-2,4-5,7-10,12-13H2;2*(H,6,7). The van der Waals surface area contributed by atoms with Gasteiger partial charge < -0.3 is 19.8 Å². The molecule has 2 N–H and O–H groups in total. The van der Waals surface area contributed by atoms with Gasteiger partial charge in [0.05, 0.1) is 12.2 Å². The Balaban J connectivity index is 0.000000301. The number of aromatic nitrogens is 1. The quantitative estimate of drug-likeness (QED) is 0.417. The number of alkyl halides is 6. The molecule has 1 atom stereocenters. The van der Waals surface area contributed by atoms with E-state index in [0.717, 1.165) is 25.9 Å². The highest BCUT2D eigenvalue weighted by Gasteiger charge is 2.45. The van der Waals surface area contributed by atoms with Gasteiger partial charge in [-0.3, -0.25) is 9.69 Å². The number of hydrogen-bond donors (Lipinski definition) is 2. The van der Waals surface area contributed by atoms with Gasteiger partial charge >= 0.3 is 24.3 Å². The van der Waals surface area contributed by atoms with Crippen molar-refractivity contribution in [3.05, 3.63) is 29.8 Å². The van der Waals surface area contributed by atoms with E-state index < -0.39 is 30.2 Å². The summed E-state index contributed by atoms with van der Waals surface area (Å²) in [5, 5.41) is 14.2. The van der Waals surface area contributed by atoms with Crippen molar-refractivity contribution in [3.8, 4) is 0 Å². The summed E-state index contributed by atoms with van der Waals surface area (Å²) in [6, 6.07) is 3.33. The molecule has 214 valence electrons. The van der Waals surface area contributed by atoms with Gasteiger partial charge in [0.1, 0.15) is 0 Å². The maximum atomic E-state index is 13.2. The van der Waals surface area contributed by atoms with Crippen LogP contribution in [0, 0.1) is 5.95 Å². The molecule has 16 heteroatoms. The van der Waals surface area contributed by atoms with E-state index in [0.29, 0.717) is 24.7 Å². The van der Waals surface area contributed by atoms with Crippen molar-refractivity contribution in [3.63, 3.8) is 0 Å². The lowest BCUT2D eigenvalue weighted by Crippen LogP contribution is -2.47. The third-order valence-corrected chi connectivity index (χ3v) is 6.27. The van der Waals surface area contributed by atoms with E-state index in [1.807, 2.05) is 4.90 Å². The van der Waals surface area contributed by atoms with Crippen LogP contribution in [0.5, 0.6) is 0 Å². The molecule has 0 radical (unpaired) electrons. The number of piperidine rings is 1. The van der Waals surface area contributed by atoms with Crippen LogP contribution in [0.15, 0.2) is 18.3 Å². The van der Waals surface area contributed by atoms with Gasteiger partial charge in [-0.15, -0.1) is 0 Å². The second kappa shape index (κ2) is 12.7. The van der Waals surface area contributed by atoms with E-state index in [2.05, 4.69) is 9.88 Å². The maximum Gasteiger partial charge on any atom is 0.490 e. The first-order valence-electron chi connectivity index (χ1n) is 11.4. The van der Waals surface area contributed by atoms with Gasteiger partial charge in [-0.2, -0.15) is 30.7 Å². The molecule has 4 rings (SSSR count). The molecule has 38 heavy (non-hydrogen) atoms. The summed E-state index contributed by atoms with van der Waals surface area (Å²) in [7, 11) is 0. The molecule has 3 aliphatic heterocycles. The van der Waals surface area contributed by atoms with Gasteiger partial charge in [0.2, 0.25) is 5.95 Å². The van der Waals surface area contributed by atoms with Crippen LogP contribution < -0.4 is 0 Å². The fraction of sp³-hybridized carbons (Fsp3) is 0.636. The molecule has 0 aromatic carbocycles. The number of aliphatic carboxylic acids is 2. The average Bonchev–Trinajstić information content (AvgIpc) is 3.49. The molecule has 1 aromatic rings. The predicted octanol–water partition coefficient (Wildman–Crippen LogP) is 3.35. The third kappa shape index (κ3) is 9.08. The van der Waals surface area contributed by atoms with Gasteiger partial charge in [0, 0.05) is 37.0 Å². The van der Waals surface area contributed by atoms with Crippen LogP contribution in [-0.2, 0) is 14.3 Å². The van der Waals surface area contributed by atoms with Crippen LogP contribution in [0.2, 0.25) is 0 Å². The van der Waals surface area contributed by atoms with Gasteiger partial charge in [0.15, 0.2) is 0 Å². The van der Waals surface area contributed by atoms with Crippen molar-refractivity contribution in [2.75, 3.05) is 32.8 Å². The summed E-state index contributed by atoms with van der Waals surface area (Å²) in [5.74, 6) is -6.23. The number of pyridine rings is 1. The van der Waals surface area contributed by atoms with Gasteiger partial charge in [-0.1, -0.05) is 0 Å². The van der Waals surface area contributed by atoms with Gasteiger partial charge in [-0.05, 0) is 51.3 Å². The zero-order valence-electron chi connectivity index (χ0n) is 19.9. The highest BCUT2D eigenvalue weighted by molar-refractivity contribution is 5.94. The largest absolute Gasteiger partial charge is 0.490 e. The number of rotatable bonds is 2. The maximum absolute atomic E-state index is 13.2. The lowest BCUT2D eigenvalue weighted by molar-refractivity contribution is -0.193. The van der Waals surface area contributed by atoms with Crippen LogP contribution in [-0.4, -0.2) is 99.6 Å². The monoisotopic (exact) mass is 561 g/mol. The molecule has 4 heterocycles. The summed E-state index contributed by atoms with van der Waals surface area (Å²) < 4.78 is 82.9. The molecule has 1 spiro atoms. The average molecular weight is 561 g/mol. The van der Waals surface area contributed by atoms with E-state index >= 15 is 0 Å². The number of hydrogen-bond acceptors (Lipinski definition) is 6. The van der Waals surface area contributed by atoms with Gasteiger partial charge in [-0.25, -0.2) is 14.6 Å². The number of halogens is 7. The number of carbonyl (C=O) groups excluding carboxylic acids is 1. The minimum absolute atomic E-state index is 0.0620. The minimum atomic E-state index is -5.08. The number of ether oxygens (including phenoxy) is 1. The Hall–Kier alpha value is -3.01. The first kappa shape index (κ1) is 31.2. The second-order valence-electron chi connectivity index (χ2n) is 8.86. The fourth-order valence-corrected chi connectivity index (χ4v) is 4.35.